The average Bonchev–Trinajstić information content (AvgIpc) is 3.58. The summed E-state index contributed by atoms with van der Waals surface area (Å²) in [6.07, 6.45) is 7.32. The summed E-state index contributed by atoms with van der Waals surface area (Å²) in [5, 5.41) is 0. The summed E-state index contributed by atoms with van der Waals surface area (Å²) >= 11 is 0. The van der Waals surface area contributed by atoms with Crippen LogP contribution in [0.4, 0.5) is 14.6 Å². The highest BCUT2D eigenvalue weighted by molar-refractivity contribution is 5.84. The number of amides is 1. The third kappa shape index (κ3) is 4.62. The number of aromatic nitrogens is 2. The van der Waals surface area contributed by atoms with Gasteiger partial charge in [0.1, 0.15) is 17.8 Å². The van der Waals surface area contributed by atoms with E-state index in [1.807, 2.05) is 0 Å². The first kappa shape index (κ1) is 25.8. The molecular formula is C27H40F2N4O3. The molecule has 3 aliphatic heterocycles. The summed E-state index contributed by atoms with van der Waals surface area (Å²) in [7, 11) is 1.77. The van der Waals surface area contributed by atoms with Gasteiger partial charge in [-0.2, -0.15) is 8.78 Å². The Hall–Kier alpha value is -1.87. The standard InChI is InChI=1S/C27H40F2N4O3/c1-17(2)27(7-5-18(12-27)9-19-6-8-36-15-22(19)35-4)25(34)33-14-20-10-21(33)13-32(20)24-11-23(26(3,28)29)30-16-31-24/h11,16-22H,5-10,12-15H2,1-4H3/t18-,19+,20-,21-,22+,27-/m0/s1. The van der Waals surface area contributed by atoms with Gasteiger partial charge in [-0.1, -0.05) is 13.8 Å². The third-order valence-corrected chi connectivity index (χ3v) is 9.46. The monoisotopic (exact) mass is 506 g/mol. The smallest absolute Gasteiger partial charge is 0.287 e. The predicted octanol–water partition coefficient (Wildman–Crippen LogP) is 4.26. The van der Waals surface area contributed by atoms with Gasteiger partial charge in [0, 0.05) is 39.8 Å². The molecule has 1 aliphatic carbocycles. The molecule has 6 atom stereocenters. The van der Waals surface area contributed by atoms with Crippen molar-refractivity contribution >= 4 is 11.7 Å². The lowest BCUT2D eigenvalue weighted by molar-refractivity contribution is -0.146. The van der Waals surface area contributed by atoms with Crippen molar-refractivity contribution in [3.63, 3.8) is 0 Å². The number of anilines is 1. The minimum absolute atomic E-state index is 0.103. The Morgan fingerprint density at radius 3 is 2.75 bits per heavy atom. The zero-order chi connectivity index (χ0) is 25.7. The first-order valence-corrected chi connectivity index (χ1v) is 13.5. The van der Waals surface area contributed by atoms with Crippen molar-refractivity contribution < 1.29 is 23.0 Å². The van der Waals surface area contributed by atoms with Crippen molar-refractivity contribution in [1.29, 1.82) is 0 Å². The van der Waals surface area contributed by atoms with Crippen LogP contribution >= 0.6 is 0 Å². The van der Waals surface area contributed by atoms with E-state index >= 15 is 0 Å². The average molecular weight is 507 g/mol. The van der Waals surface area contributed by atoms with Crippen molar-refractivity contribution in [1.82, 2.24) is 14.9 Å². The van der Waals surface area contributed by atoms with Crippen LogP contribution in [0.3, 0.4) is 0 Å². The maximum atomic E-state index is 14.1. The maximum absolute atomic E-state index is 14.1. The lowest BCUT2D eigenvalue weighted by Gasteiger charge is -2.42. The van der Waals surface area contributed by atoms with E-state index in [1.165, 1.54) is 12.4 Å². The highest BCUT2D eigenvalue weighted by atomic mass is 19.3. The van der Waals surface area contributed by atoms with Crippen LogP contribution in [0.15, 0.2) is 12.4 Å². The van der Waals surface area contributed by atoms with Crippen LogP contribution in [0.1, 0.15) is 65.0 Å². The second-order valence-corrected chi connectivity index (χ2v) is 11.9. The van der Waals surface area contributed by atoms with E-state index < -0.39 is 5.92 Å². The Morgan fingerprint density at radius 1 is 1.28 bits per heavy atom. The molecule has 0 radical (unpaired) electrons. The number of carbonyl (C=O) groups is 1. The Bertz CT molecular complexity index is 957. The number of fused-ring (bicyclic) bond motifs is 2. The van der Waals surface area contributed by atoms with E-state index in [9.17, 15) is 13.6 Å². The first-order valence-electron chi connectivity index (χ1n) is 13.5. The summed E-state index contributed by atoms with van der Waals surface area (Å²) in [6.45, 7) is 7.98. The number of carbonyl (C=O) groups excluding carboxylic acids is 1. The van der Waals surface area contributed by atoms with Gasteiger partial charge in [0.25, 0.3) is 5.92 Å². The summed E-state index contributed by atoms with van der Waals surface area (Å²) in [5.41, 5.74) is -0.584. The van der Waals surface area contributed by atoms with E-state index in [2.05, 4.69) is 33.6 Å². The summed E-state index contributed by atoms with van der Waals surface area (Å²) < 4.78 is 38.9. The Balaban J connectivity index is 1.26. The second kappa shape index (κ2) is 9.78. The summed E-state index contributed by atoms with van der Waals surface area (Å²) in [6, 6.07) is 1.61. The third-order valence-electron chi connectivity index (χ3n) is 9.46. The van der Waals surface area contributed by atoms with E-state index in [4.69, 9.17) is 9.47 Å². The number of rotatable bonds is 7. The molecule has 0 spiro atoms. The predicted molar refractivity (Wildman–Crippen MR) is 132 cm³/mol. The SMILES string of the molecule is CO[C@@H]1COCC[C@@H]1C[C@@H]1CC[C@@](C(=O)N2C[C@@H]3C[C@H]2CN3c2cc(C(C)(F)F)ncn2)(C(C)C)C1. The Labute approximate surface area is 212 Å². The van der Waals surface area contributed by atoms with Gasteiger partial charge in [-0.3, -0.25) is 4.79 Å². The number of hydrogen-bond acceptors (Lipinski definition) is 6. The van der Waals surface area contributed by atoms with E-state index in [-0.39, 0.29) is 35.2 Å². The molecule has 9 heteroatoms. The Morgan fingerprint density at radius 2 is 2.08 bits per heavy atom. The van der Waals surface area contributed by atoms with Crippen molar-refractivity contribution in [2.75, 3.05) is 38.3 Å². The van der Waals surface area contributed by atoms with Gasteiger partial charge in [0.05, 0.1) is 30.2 Å². The van der Waals surface area contributed by atoms with Gasteiger partial charge in [0.2, 0.25) is 5.91 Å². The topological polar surface area (TPSA) is 67.8 Å². The maximum Gasteiger partial charge on any atom is 0.287 e. The molecular weight excluding hydrogens is 466 g/mol. The van der Waals surface area contributed by atoms with Crippen LogP contribution < -0.4 is 4.90 Å². The fourth-order valence-electron chi connectivity index (χ4n) is 7.29. The fraction of sp³-hybridized carbons (Fsp3) is 0.815. The van der Waals surface area contributed by atoms with Crippen LogP contribution in [-0.2, 0) is 20.2 Å². The van der Waals surface area contributed by atoms with Crippen molar-refractivity contribution in [2.45, 2.75) is 83.4 Å². The van der Waals surface area contributed by atoms with Crippen LogP contribution in [0.5, 0.6) is 0 Å². The molecule has 1 aromatic rings. The summed E-state index contributed by atoms with van der Waals surface area (Å²) in [5.74, 6) is -0.875. The zero-order valence-corrected chi connectivity index (χ0v) is 22.0. The second-order valence-electron chi connectivity index (χ2n) is 11.9. The van der Waals surface area contributed by atoms with Gasteiger partial charge in [0.15, 0.2) is 0 Å². The van der Waals surface area contributed by atoms with Crippen molar-refractivity contribution in [3.8, 4) is 0 Å². The van der Waals surface area contributed by atoms with Gasteiger partial charge in [-0.15, -0.1) is 0 Å². The highest BCUT2D eigenvalue weighted by Crippen LogP contribution is 2.52. The molecule has 0 unspecified atom stereocenters. The zero-order valence-electron chi connectivity index (χ0n) is 22.0. The minimum atomic E-state index is -3.00. The molecule has 36 heavy (non-hydrogen) atoms. The molecule has 200 valence electrons. The molecule has 3 saturated heterocycles. The van der Waals surface area contributed by atoms with Crippen LogP contribution in [0.25, 0.3) is 0 Å². The molecule has 4 fully saturated rings. The van der Waals surface area contributed by atoms with E-state index in [0.29, 0.717) is 43.3 Å². The van der Waals surface area contributed by atoms with Crippen LogP contribution in [-0.4, -0.2) is 72.4 Å². The van der Waals surface area contributed by atoms with Crippen molar-refractivity contribution in [3.05, 3.63) is 18.1 Å². The molecule has 0 N–H and O–H groups in total. The first-order chi connectivity index (χ1) is 17.1. The molecule has 2 bridgehead atoms. The molecule has 1 saturated carbocycles. The number of ether oxygens (including phenoxy) is 2. The lowest BCUT2D eigenvalue weighted by Crippen LogP contribution is -2.54. The van der Waals surface area contributed by atoms with Crippen LogP contribution in [0.2, 0.25) is 0 Å². The molecule has 5 rings (SSSR count). The van der Waals surface area contributed by atoms with Gasteiger partial charge in [-0.05, 0) is 56.3 Å². The van der Waals surface area contributed by atoms with Crippen LogP contribution in [0, 0.1) is 23.2 Å². The molecule has 0 aromatic carbocycles. The number of halogens is 2. The fourth-order valence-corrected chi connectivity index (χ4v) is 7.29. The molecule has 1 aromatic heterocycles. The van der Waals surface area contributed by atoms with Gasteiger partial charge in [-0.25, -0.2) is 9.97 Å². The summed E-state index contributed by atoms with van der Waals surface area (Å²) in [4.78, 5) is 26.4. The van der Waals surface area contributed by atoms with Gasteiger partial charge < -0.3 is 19.3 Å². The lowest BCUT2D eigenvalue weighted by atomic mass is 9.73. The van der Waals surface area contributed by atoms with Crippen molar-refractivity contribution in [2.24, 2.45) is 23.2 Å². The number of piperazine rings is 1. The largest absolute Gasteiger partial charge is 0.379 e. The number of hydrogen-bond donors (Lipinski definition) is 0. The number of nitrogens with zero attached hydrogens (tertiary/aromatic N) is 4. The minimum Gasteiger partial charge on any atom is -0.379 e. The van der Waals surface area contributed by atoms with Gasteiger partial charge >= 0.3 is 0 Å². The normalized spacial score (nSPS) is 34.7. The number of likely N-dealkylation sites (tertiary alicyclic amines) is 1. The van der Waals surface area contributed by atoms with E-state index in [1.54, 1.807) is 7.11 Å². The highest BCUT2D eigenvalue weighted by Gasteiger charge is 2.54. The molecule has 1 amide bonds. The van der Waals surface area contributed by atoms with E-state index in [0.717, 1.165) is 52.1 Å². The molecule has 4 aliphatic rings. The quantitative estimate of drug-likeness (QED) is 0.551. The number of alkyl halides is 2. The molecule has 4 heterocycles. The Kier molecular flexibility index (Phi) is 7.00. The number of methoxy groups -OCH3 is 1. The molecule has 7 nitrogen and oxygen atoms in total.